The SMILES string of the molecule is CC(Nc1cccc(Br)c1)(C(N)=O)c1ccccc1. The van der Waals surface area contributed by atoms with E-state index in [1.807, 2.05) is 54.6 Å². The maximum absolute atomic E-state index is 11.9. The van der Waals surface area contributed by atoms with E-state index in [0.29, 0.717) is 0 Å². The van der Waals surface area contributed by atoms with Crippen molar-refractivity contribution >= 4 is 27.5 Å². The van der Waals surface area contributed by atoms with Crippen LogP contribution in [0.25, 0.3) is 0 Å². The minimum Gasteiger partial charge on any atom is -0.368 e. The van der Waals surface area contributed by atoms with E-state index in [-0.39, 0.29) is 0 Å². The molecule has 3 nitrogen and oxygen atoms in total. The predicted octanol–water partition coefficient (Wildman–Crippen LogP) is 3.26. The Bertz CT molecular complexity index is 586. The van der Waals surface area contributed by atoms with Crippen LogP contribution < -0.4 is 11.1 Å². The van der Waals surface area contributed by atoms with Crippen molar-refractivity contribution in [2.24, 2.45) is 5.73 Å². The lowest BCUT2D eigenvalue weighted by molar-refractivity contribution is -0.122. The summed E-state index contributed by atoms with van der Waals surface area (Å²) >= 11 is 3.41. The zero-order valence-electron chi connectivity index (χ0n) is 10.6. The second-order valence-corrected chi connectivity index (χ2v) is 5.41. The van der Waals surface area contributed by atoms with Gasteiger partial charge in [0.25, 0.3) is 0 Å². The largest absolute Gasteiger partial charge is 0.368 e. The molecule has 0 aromatic heterocycles. The Morgan fingerprint density at radius 1 is 1.16 bits per heavy atom. The van der Waals surface area contributed by atoms with E-state index in [4.69, 9.17) is 5.73 Å². The lowest BCUT2D eigenvalue weighted by atomic mass is 9.91. The molecule has 0 aliphatic carbocycles. The van der Waals surface area contributed by atoms with Gasteiger partial charge in [0.1, 0.15) is 5.54 Å². The lowest BCUT2D eigenvalue weighted by Gasteiger charge is -2.29. The molecule has 1 amide bonds. The van der Waals surface area contributed by atoms with Gasteiger partial charge in [-0.25, -0.2) is 0 Å². The van der Waals surface area contributed by atoms with Crippen molar-refractivity contribution in [3.63, 3.8) is 0 Å². The molecule has 0 bridgehead atoms. The van der Waals surface area contributed by atoms with Crippen LogP contribution in [0.15, 0.2) is 59.1 Å². The van der Waals surface area contributed by atoms with Crippen LogP contribution in [0.1, 0.15) is 12.5 Å². The van der Waals surface area contributed by atoms with Gasteiger partial charge in [0.05, 0.1) is 0 Å². The van der Waals surface area contributed by atoms with Gasteiger partial charge in [-0.15, -0.1) is 0 Å². The predicted molar refractivity (Wildman–Crippen MR) is 80.8 cm³/mol. The Kier molecular flexibility index (Phi) is 3.90. The molecule has 1 atom stereocenters. The van der Waals surface area contributed by atoms with Gasteiger partial charge < -0.3 is 11.1 Å². The van der Waals surface area contributed by atoms with Gasteiger partial charge >= 0.3 is 0 Å². The summed E-state index contributed by atoms with van der Waals surface area (Å²) in [4.78, 5) is 11.9. The molecule has 19 heavy (non-hydrogen) atoms. The number of amides is 1. The number of hydrogen-bond acceptors (Lipinski definition) is 2. The van der Waals surface area contributed by atoms with Crippen LogP contribution in [0.4, 0.5) is 5.69 Å². The van der Waals surface area contributed by atoms with E-state index in [9.17, 15) is 4.79 Å². The average Bonchev–Trinajstić information content (AvgIpc) is 2.39. The van der Waals surface area contributed by atoms with E-state index in [0.717, 1.165) is 15.7 Å². The van der Waals surface area contributed by atoms with E-state index < -0.39 is 11.4 Å². The maximum atomic E-state index is 11.9. The van der Waals surface area contributed by atoms with Crippen LogP contribution in [0, 0.1) is 0 Å². The third-order valence-corrected chi connectivity index (χ3v) is 3.56. The van der Waals surface area contributed by atoms with Crippen LogP contribution in [-0.2, 0) is 10.3 Å². The number of carbonyl (C=O) groups excluding carboxylic acids is 1. The first-order chi connectivity index (χ1) is 9.02. The number of hydrogen-bond donors (Lipinski definition) is 2. The molecular weight excluding hydrogens is 304 g/mol. The molecule has 4 heteroatoms. The topological polar surface area (TPSA) is 55.1 Å². The summed E-state index contributed by atoms with van der Waals surface area (Å²) in [6.07, 6.45) is 0. The van der Waals surface area contributed by atoms with Crippen molar-refractivity contribution in [2.45, 2.75) is 12.5 Å². The van der Waals surface area contributed by atoms with E-state index in [2.05, 4.69) is 21.2 Å². The van der Waals surface area contributed by atoms with E-state index >= 15 is 0 Å². The van der Waals surface area contributed by atoms with Crippen LogP contribution in [-0.4, -0.2) is 5.91 Å². The molecule has 0 fully saturated rings. The van der Waals surface area contributed by atoms with Gasteiger partial charge in [0.15, 0.2) is 0 Å². The molecule has 0 spiro atoms. The van der Waals surface area contributed by atoms with Gasteiger partial charge in [-0.05, 0) is 30.7 Å². The van der Waals surface area contributed by atoms with Crippen LogP contribution in [0.5, 0.6) is 0 Å². The molecule has 0 aliphatic rings. The van der Waals surface area contributed by atoms with Crippen molar-refractivity contribution < 1.29 is 4.79 Å². The molecule has 0 radical (unpaired) electrons. The van der Waals surface area contributed by atoms with Gasteiger partial charge in [0.2, 0.25) is 5.91 Å². The fourth-order valence-electron chi connectivity index (χ4n) is 1.90. The highest BCUT2D eigenvalue weighted by molar-refractivity contribution is 9.10. The van der Waals surface area contributed by atoms with Crippen molar-refractivity contribution in [1.29, 1.82) is 0 Å². The fourth-order valence-corrected chi connectivity index (χ4v) is 2.30. The highest BCUT2D eigenvalue weighted by atomic mass is 79.9. The molecule has 2 aromatic carbocycles. The number of nitrogens with two attached hydrogens (primary N) is 1. The van der Waals surface area contributed by atoms with Crippen molar-refractivity contribution in [2.75, 3.05) is 5.32 Å². The number of nitrogens with one attached hydrogen (secondary N) is 1. The molecule has 0 aliphatic heterocycles. The molecule has 98 valence electrons. The molecule has 2 aromatic rings. The summed E-state index contributed by atoms with van der Waals surface area (Å²) < 4.78 is 0.942. The van der Waals surface area contributed by atoms with E-state index in [1.54, 1.807) is 6.92 Å². The summed E-state index contributed by atoms with van der Waals surface area (Å²) in [5.74, 6) is -0.418. The number of carbonyl (C=O) groups is 1. The lowest BCUT2D eigenvalue weighted by Crippen LogP contribution is -2.45. The molecule has 1 unspecified atom stereocenters. The third kappa shape index (κ3) is 2.96. The third-order valence-electron chi connectivity index (χ3n) is 3.06. The highest BCUT2D eigenvalue weighted by Crippen LogP contribution is 2.27. The van der Waals surface area contributed by atoms with Crippen molar-refractivity contribution in [3.05, 3.63) is 64.6 Å². The van der Waals surface area contributed by atoms with Gasteiger partial charge in [-0.3, -0.25) is 4.79 Å². The summed E-state index contributed by atoms with van der Waals surface area (Å²) in [5, 5.41) is 3.21. The van der Waals surface area contributed by atoms with Gasteiger partial charge in [0, 0.05) is 10.2 Å². The highest BCUT2D eigenvalue weighted by Gasteiger charge is 2.32. The summed E-state index contributed by atoms with van der Waals surface area (Å²) in [6.45, 7) is 1.78. The summed E-state index contributed by atoms with van der Waals surface area (Å²) in [7, 11) is 0. The first kappa shape index (κ1) is 13.6. The number of anilines is 1. The minimum atomic E-state index is -0.942. The Labute approximate surface area is 121 Å². The van der Waals surface area contributed by atoms with Crippen LogP contribution >= 0.6 is 15.9 Å². The Balaban J connectivity index is 2.39. The molecular formula is C15H15BrN2O. The minimum absolute atomic E-state index is 0.418. The summed E-state index contributed by atoms with van der Waals surface area (Å²) in [5.41, 5.74) is 6.30. The number of benzene rings is 2. The smallest absolute Gasteiger partial charge is 0.247 e. The molecule has 3 N–H and O–H groups in total. The number of halogens is 1. The van der Waals surface area contributed by atoms with Gasteiger partial charge in [-0.1, -0.05) is 52.3 Å². The summed E-state index contributed by atoms with van der Waals surface area (Å²) in [6, 6.07) is 17.1. The van der Waals surface area contributed by atoms with Crippen LogP contribution in [0.3, 0.4) is 0 Å². The zero-order valence-corrected chi connectivity index (χ0v) is 12.1. The normalized spacial score (nSPS) is 13.6. The second kappa shape index (κ2) is 5.45. The molecule has 0 saturated carbocycles. The average molecular weight is 319 g/mol. The van der Waals surface area contributed by atoms with E-state index in [1.165, 1.54) is 0 Å². The fraction of sp³-hybridized carbons (Fsp3) is 0.133. The first-order valence-corrected chi connectivity index (χ1v) is 6.71. The van der Waals surface area contributed by atoms with Gasteiger partial charge in [-0.2, -0.15) is 0 Å². The number of primary amides is 1. The maximum Gasteiger partial charge on any atom is 0.247 e. The monoisotopic (exact) mass is 318 g/mol. The Hall–Kier alpha value is -1.81. The second-order valence-electron chi connectivity index (χ2n) is 4.49. The molecule has 0 heterocycles. The molecule has 0 saturated heterocycles. The standard InChI is InChI=1S/C15H15BrN2O/c1-15(14(17)19,11-6-3-2-4-7-11)18-13-9-5-8-12(16)10-13/h2-10,18H,1H3,(H2,17,19). The van der Waals surface area contributed by atoms with Crippen LogP contribution in [0.2, 0.25) is 0 Å². The molecule has 2 rings (SSSR count). The van der Waals surface area contributed by atoms with Crippen molar-refractivity contribution in [3.8, 4) is 0 Å². The Morgan fingerprint density at radius 2 is 1.84 bits per heavy atom. The zero-order chi connectivity index (χ0) is 13.9. The first-order valence-electron chi connectivity index (χ1n) is 5.91. The number of rotatable bonds is 4. The quantitative estimate of drug-likeness (QED) is 0.909. The van der Waals surface area contributed by atoms with Crippen molar-refractivity contribution in [1.82, 2.24) is 0 Å². The Morgan fingerprint density at radius 3 is 2.42 bits per heavy atom.